The van der Waals surface area contributed by atoms with Gasteiger partial charge in [0.1, 0.15) is 0 Å². The van der Waals surface area contributed by atoms with Gasteiger partial charge in [-0.2, -0.15) is 0 Å². The molecule has 2 atom stereocenters. The molecule has 0 aromatic heterocycles. The van der Waals surface area contributed by atoms with E-state index in [0.29, 0.717) is 18.9 Å². The summed E-state index contributed by atoms with van der Waals surface area (Å²) in [7, 11) is 0. The van der Waals surface area contributed by atoms with Crippen LogP contribution >= 0.6 is 0 Å². The van der Waals surface area contributed by atoms with Gasteiger partial charge in [0.05, 0.1) is 19.1 Å². The third kappa shape index (κ3) is 4.79. The van der Waals surface area contributed by atoms with Crippen LogP contribution < -0.4 is 0 Å². The van der Waals surface area contributed by atoms with Crippen molar-refractivity contribution in [1.29, 1.82) is 0 Å². The summed E-state index contributed by atoms with van der Waals surface area (Å²) in [5, 5.41) is 9.03. The quantitative estimate of drug-likeness (QED) is 0.858. The molecule has 1 N–H and O–H groups in total. The number of ether oxygens (including phenoxy) is 1. The summed E-state index contributed by atoms with van der Waals surface area (Å²) in [6, 6.07) is 10.4. The third-order valence-electron chi connectivity index (χ3n) is 5.05. The minimum absolute atomic E-state index is 0.00754. The van der Waals surface area contributed by atoms with Gasteiger partial charge in [-0.25, -0.2) is 0 Å². The Kier molecular flexibility index (Phi) is 6.24. The Morgan fingerprint density at radius 3 is 2.83 bits per heavy atom. The van der Waals surface area contributed by atoms with E-state index < -0.39 is 0 Å². The molecule has 132 valence electrons. The fraction of sp³-hybridized carbons (Fsp3) is 0.632. The summed E-state index contributed by atoms with van der Waals surface area (Å²) >= 11 is 0. The fourth-order valence-electron chi connectivity index (χ4n) is 3.69. The van der Waals surface area contributed by atoms with Gasteiger partial charge in [0, 0.05) is 39.3 Å². The molecule has 0 bridgehead atoms. The number of carbonyl (C=O) groups excluding carboxylic acids is 1. The molecule has 0 unspecified atom stereocenters. The van der Waals surface area contributed by atoms with Gasteiger partial charge in [-0.05, 0) is 24.3 Å². The number of aliphatic hydroxyl groups excluding tert-OH is 1. The van der Waals surface area contributed by atoms with Crippen LogP contribution in [0.2, 0.25) is 0 Å². The number of likely N-dealkylation sites (tertiary alicyclic amines) is 1. The van der Waals surface area contributed by atoms with Gasteiger partial charge in [0.15, 0.2) is 0 Å². The Hall–Kier alpha value is -1.43. The van der Waals surface area contributed by atoms with Crippen LogP contribution in [0, 0.1) is 5.92 Å². The number of nitrogens with zero attached hydrogens (tertiary/aromatic N) is 2. The third-order valence-corrected chi connectivity index (χ3v) is 5.05. The van der Waals surface area contributed by atoms with Crippen molar-refractivity contribution < 1.29 is 14.6 Å². The van der Waals surface area contributed by atoms with E-state index in [-0.39, 0.29) is 18.6 Å². The average molecular weight is 332 g/mol. The fourth-order valence-corrected chi connectivity index (χ4v) is 3.69. The van der Waals surface area contributed by atoms with E-state index in [0.717, 1.165) is 45.6 Å². The molecule has 2 fully saturated rings. The Morgan fingerprint density at radius 1 is 1.21 bits per heavy atom. The molecule has 0 saturated carbocycles. The average Bonchev–Trinajstić information content (AvgIpc) is 3.05. The van der Waals surface area contributed by atoms with Gasteiger partial charge < -0.3 is 14.7 Å². The summed E-state index contributed by atoms with van der Waals surface area (Å²) in [6.45, 7) is 5.17. The number of hydrogen-bond donors (Lipinski definition) is 1. The Balaban J connectivity index is 1.46. The maximum Gasteiger partial charge on any atom is 0.225 e. The van der Waals surface area contributed by atoms with Crippen LogP contribution in [-0.4, -0.2) is 66.3 Å². The van der Waals surface area contributed by atoms with Crippen LogP contribution in [0.4, 0.5) is 0 Å². The zero-order chi connectivity index (χ0) is 16.8. The molecule has 0 spiro atoms. The van der Waals surface area contributed by atoms with Crippen molar-refractivity contribution in [2.45, 2.75) is 31.9 Å². The zero-order valence-electron chi connectivity index (χ0n) is 14.3. The van der Waals surface area contributed by atoms with Crippen molar-refractivity contribution in [3.8, 4) is 0 Å². The van der Waals surface area contributed by atoms with E-state index in [1.54, 1.807) is 0 Å². The highest BCUT2D eigenvalue weighted by Crippen LogP contribution is 2.21. The van der Waals surface area contributed by atoms with Crippen molar-refractivity contribution in [1.82, 2.24) is 9.80 Å². The topological polar surface area (TPSA) is 53.0 Å². The lowest BCUT2D eigenvalue weighted by atomic mass is 10.1. The number of morpholine rings is 1. The van der Waals surface area contributed by atoms with Crippen molar-refractivity contribution in [2.24, 2.45) is 5.92 Å². The SMILES string of the molecule is O=C(C[C@@H]1CN(Cc2ccccc2)CCO1)N1CC[C@@H](CCO)C1. The molecule has 5 heteroatoms. The lowest BCUT2D eigenvalue weighted by molar-refractivity contribution is -0.135. The van der Waals surface area contributed by atoms with Crippen LogP contribution in [0.1, 0.15) is 24.8 Å². The highest BCUT2D eigenvalue weighted by atomic mass is 16.5. The van der Waals surface area contributed by atoms with Crippen molar-refractivity contribution in [2.75, 3.05) is 39.4 Å². The summed E-state index contributed by atoms with van der Waals surface area (Å²) in [5.41, 5.74) is 1.30. The monoisotopic (exact) mass is 332 g/mol. The molecular formula is C19H28N2O3. The van der Waals surface area contributed by atoms with Gasteiger partial charge in [0.2, 0.25) is 5.91 Å². The summed E-state index contributed by atoms with van der Waals surface area (Å²) < 4.78 is 5.82. The van der Waals surface area contributed by atoms with E-state index in [1.807, 2.05) is 11.0 Å². The van der Waals surface area contributed by atoms with Crippen LogP contribution in [0.15, 0.2) is 30.3 Å². The molecule has 1 aromatic carbocycles. The van der Waals surface area contributed by atoms with Gasteiger partial charge in [0.25, 0.3) is 0 Å². The van der Waals surface area contributed by atoms with E-state index in [1.165, 1.54) is 5.56 Å². The van der Waals surface area contributed by atoms with Crippen molar-refractivity contribution in [3.05, 3.63) is 35.9 Å². The molecule has 3 rings (SSSR count). The maximum absolute atomic E-state index is 12.5. The Bertz CT molecular complexity index is 523. The Morgan fingerprint density at radius 2 is 2.04 bits per heavy atom. The molecule has 2 heterocycles. The van der Waals surface area contributed by atoms with Crippen LogP contribution in [0.25, 0.3) is 0 Å². The number of rotatable bonds is 6. The second-order valence-corrected chi connectivity index (χ2v) is 6.92. The smallest absolute Gasteiger partial charge is 0.225 e. The number of aliphatic hydroxyl groups is 1. The molecule has 2 saturated heterocycles. The number of carbonyl (C=O) groups is 1. The normalized spacial score (nSPS) is 25.1. The highest BCUT2D eigenvalue weighted by Gasteiger charge is 2.29. The van der Waals surface area contributed by atoms with Crippen LogP contribution in [0.3, 0.4) is 0 Å². The van der Waals surface area contributed by atoms with Crippen LogP contribution in [-0.2, 0) is 16.1 Å². The molecule has 1 aromatic rings. The van der Waals surface area contributed by atoms with E-state index >= 15 is 0 Å². The van der Waals surface area contributed by atoms with E-state index in [2.05, 4.69) is 29.2 Å². The summed E-state index contributed by atoms with van der Waals surface area (Å²) in [6.07, 6.45) is 2.27. The number of hydrogen-bond acceptors (Lipinski definition) is 4. The molecule has 2 aliphatic rings. The molecule has 2 aliphatic heterocycles. The van der Waals surface area contributed by atoms with Gasteiger partial charge in [-0.15, -0.1) is 0 Å². The second-order valence-electron chi connectivity index (χ2n) is 6.92. The first-order valence-electron chi connectivity index (χ1n) is 9.01. The number of benzene rings is 1. The van der Waals surface area contributed by atoms with Crippen molar-refractivity contribution in [3.63, 3.8) is 0 Å². The minimum atomic E-state index is -0.00754. The molecule has 1 amide bonds. The van der Waals surface area contributed by atoms with Crippen LogP contribution in [0.5, 0.6) is 0 Å². The molecular weight excluding hydrogens is 304 g/mol. The van der Waals surface area contributed by atoms with E-state index in [9.17, 15) is 4.79 Å². The second kappa shape index (κ2) is 8.60. The molecule has 5 nitrogen and oxygen atoms in total. The standard InChI is InChI=1S/C19H28N2O3/c22-10-7-17-6-8-21(14-17)19(23)12-18-15-20(9-11-24-18)13-16-4-2-1-3-5-16/h1-5,17-18,22H,6-15H2/t17-,18+/m0/s1. The summed E-state index contributed by atoms with van der Waals surface area (Å²) in [4.78, 5) is 16.8. The highest BCUT2D eigenvalue weighted by molar-refractivity contribution is 5.77. The Labute approximate surface area is 144 Å². The lowest BCUT2D eigenvalue weighted by Crippen LogP contribution is -2.44. The molecule has 0 aliphatic carbocycles. The van der Waals surface area contributed by atoms with Gasteiger partial charge in [-0.1, -0.05) is 30.3 Å². The zero-order valence-corrected chi connectivity index (χ0v) is 14.3. The summed E-state index contributed by atoms with van der Waals surface area (Å²) in [5.74, 6) is 0.655. The number of amides is 1. The molecule has 0 radical (unpaired) electrons. The minimum Gasteiger partial charge on any atom is -0.396 e. The van der Waals surface area contributed by atoms with Gasteiger partial charge in [-0.3, -0.25) is 9.69 Å². The largest absolute Gasteiger partial charge is 0.396 e. The first-order valence-corrected chi connectivity index (χ1v) is 9.01. The van der Waals surface area contributed by atoms with Crippen molar-refractivity contribution >= 4 is 5.91 Å². The predicted molar refractivity (Wildman–Crippen MR) is 92.5 cm³/mol. The first-order chi connectivity index (χ1) is 11.7. The lowest BCUT2D eigenvalue weighted by Gasteiger charge is -2.33. The maximum atomic E-state index is 12.5. The predicted octanol–water partition coefficient (Wildman–Crippen LogP) is 1.51. The van der Waals surface area contributed by atoms with Gasteiger partial charge >= 0.3 is 0 Å². The first kappa shape index (κ1) is 17.4. The van der Waals surface area contributed by atoms with E-state index in [4.69, 9.17) is 9.84 Å². The molecule has 24 heavy (non-hydrogen) atoms.